The molecular weight excluding hydrogens is 344 g/mol. The molecule has 0 saturated heterocycles. The second kappa shape index (κ2) is 6.62. The van der Waals surface area contributed by atoms with Crippen molar-refractivity contribution in [3.63, 3.8) is 0 Å². The van der Waals surface area contributed by atoms with Gasteiger partial charge in [0.2, 0.25) is 0 Å². The number of hydrogen-bond acceptors (Lipinski definition) is 2. The minimum atomic E-state index is -0.0584. The van der Waals surface area contributed by atoms with Gasteiger partial charge >= 0.3 is 0 Å². The lowest BCUT2D eigenvalue weighted by atomic mass is 9.45. The molecule has 4 aliphatic carbocycles. The molecule has 0 aromatic heterocycles. The highest BCUT2D eigenvalue weighted by Gasteiger charge is 2.59. The molecule has 0 unspecified atom stereocenters. The molecule has 3 fully saturated rings. The van der Waals surface area contributed by atoms with E-state index in [4.69, 9.17) is 4.74 Å². The summed E-state index contributed by atoms with van der Waals surface area (Å²) in [6, 6.07) is 8.64. The topological polar surface area (TPSA) is 29.5 Å². The van der Waals surface area contributed by atoms with E-state index in [2.05, 4.69) is 44.2 Å². The Morgan fingerprint density at radius 1 is 0.929 bits per heavy atom. The van der Waals surface area contributed by atoms with Crippen LogP contribution >= 0.6 is 0 Å². The van der Waals surface area contributed by atoms with E-state index in [0.717, 1.165) is 35.8 Å². The Morgan fingerprint density at radius 3 is 2.43 bits per heavy atom. The van der Waals surface area contributed by atoms with Crippen molar-refractivity contribution in [1.82, 2.24) is 0 Å². The van der Waals surface area contributed by atoms with Crippen molar-refractivity contribution in [2.75, 3.05) is 7.11 Å². The van der Waals surface area contributed by atoms with Crippen LogP contribution in [0.5, 0.6) is 5.75 Å². The summed E-state index contributed by atoms with van der Waals surface area (Å²) < 4.78 is 5.33. The van der Waals surface area contributed by atoms with E-state index in [-0.39, 0.29) is 11.5 Å². The largest absolute Gasteiger partial charge is 0.497 e. The van der Waals surface area contributed by atoms with Gasteiger partial charge in [0, 0.05) is 0 Å². The molecule has 28 heavy (non-hydrogen) atoms. The van der Waals surface area contributed by atoms with Gasteiger partial charge in [-0.05, 0) is 109 Å². The summed E-state index contributed by atoms with van der Waals surface area (Å²) in [6.07, 6.45) is 12.6. The van der Waals surface area contributed by atoms with E-state index < -0.39 is 0 Å². The molecule has 4 aliphatic rings. The Kier molecular flexibility index (Phi) is 4.43. The third-order valence-electron chi connectivity index (χ3n) is 9.73. The van der Waals surface area contributed by atoms with Crippen LogP contribution in [0.3, 0.4) is 0 Å². The van der Waals surface area contributed by atoms with Crippen molar-refractivity contribution < 1.29 is 9.84 Å². The second-order valence-electron chi connectivity index (χ2n) is 10.7. The summed E-state index contributed by atoms with van der Waals surface area (Å²) in [7, 11) is 1.73. The summed E-state index contributed by atoms with van der Waals surface area (Å²) >= 11 is 0. The summed E-state index contributed by atoms with van der Waals surface area (Å²) in [6.45, 7) is 4.99. The average Bonchev–Trinajstić information content (AvgIpc) is 3.02. The molecule has 0 amide bonds. The fourth-order valence-corrected chi connectivity index (χ4v) is 7.89. The van der Waals surface area contributed by atoms with Gasteiger partial charge in [0.25, 0.3) is 0 Å². The van der Waals surface area contributed by atoms with Crippen LogP contribution in [-0.4, -0.2) is 18.3 Å². The molecule has 0 bridgehead atoms. The first-order chi connectivity index (χ1) is 13.5. The van der Waals surface area contributed by atoms with Crippen LogP contribution in [0.25, 0.3) is 5.57 Å². The zero-order chi connectivity index (χ0) is 19.5. The molecule has 5 rings (SSSR count). The minimum absolute atomic E-state index is 0.0584. The Balaban J connectivity index is 1.40. The van der Waals surface area contributed by atoms with Crippen molar-refractivity contribution in [1.29, 1.82) is 0 Å². The van der Waals surface area contributed by atoms with Crippen LogP contribution in [0.1, 0.15) is 70.8 Å². The molecule has 7 atom stereocenters. The smallest absolute Gasteiger partial charge is 0.118 e. The van der Waals surface area contributed by atoms with E-state index in [1.54, 1.807) is 12.7 Å². The number of rotatable bonds is 2. The van der Waals surface area contributed by atoms with Crippen molar-refractivity contribution >= 4 is 5.57 Å². The summed E-state index contributed by atoms with van der Waals surface area (Å²) in [4.78, 5) is 0. The standard InChI is InChI=1S/C26H36O2/c1-25-14-12-18(17-4-7-20(28-3)8-5-17)16-19(25)6-9-21-22-10-11-24(27)26(22,2)15-13-23(21)25/h4-5,7-8,12,19,21-24,27H,6,9-11,13-16H2,1-3H3/t19-,21-,22+,23+,24+,25+,26+/m1/s1. The van der Waals surface area contributed by atoms with Crippen molar-refractivity contribution in [2.24, 2.45) is 34.5 Å². The maximum Gasteiger partial charge on any atom is 0.118 e. The monoisotopic (exact) mass is 380 g/mol. The van der Waals surface area contributed by atoms with Crippen LogP contribution in [0.4, 0.5) is 0 Å². The van der Waals surface area contributed by atoms with Gasteiger partial charge in [-0.25, -0.2) is 0 Å². The molecule has 0 spiro atoms. The van der Waals surface area contributed by atoms with Crippen LogP contribution in [0.2, 0.25) is 0 Å². The van der Waals surface area contributed by atoms with Gasteiger partial charge in [-0.1, -0.05) is 32.1 Å². The van der Waals surface area contributed by atoms with Gasteiger partial charge in [0.15, 0.2) is 0 Å². The normalized spacial score (nSPS) is 44.9. The Hall–Kier alpha value is -1.28. The van der Waals surface area contributed by atoms with Crippen LogP contribution in [0.15, 0.2) is 30.3 Å². The number of fused-ring (bicyclic) bond motifs is 5. The lowest BCUT2D eigenvalue weighted by molar-refractivity contribution is -0.108. The number of aliphatic hydroxyl groups is 1. The first-order valence-electron chi connectivity index (χ1n) is 11.5. The summed E-state index contributed by atoms with van der Waals surface area (Å²) in [5.74, 6) is 4.20. The minimum Gasteiger partial charge on any atom is -0.497 e. The van der Waals surface area contributed by atoms with E-state index in [1.165, 1.54) is 50.5 Å². The predicted octanol–water partition coefficient (Wildman–Crippen LogP) is 6.09. The third kappa shape index (κ3) is 2.63. The average molecular weight is 381 g/mol. The number of ether oxygens (including phenoxy) is 1. The molecule has 0 aliphatic heterocycles. The highest BCUT2D eigenvalue weighted by Crippen LogP contribution is 2.66. The van der Waals surface area contributed by atoms with E-state index in [9.17, 15) is 5.11 Å². The summed E-state index contributed by atoms with van der Waals surface area (Å²) in [5.41, 5.74) is 3.57. The van der Waals surface area contributed by atoms with Gasteiger partial charge in [-0.2, -0.15) is 0 Å². The quantitative estimate of drug-likeness (QED) is 0.672. The van der Waals surface area contributed by atoms with Crippen LogP contribution in [0, 0.1) is 34.5 Å². The maximum absolute atomic E-state index is 10.7. The van der Waals surface area contributed by atoms with Crippen LogP contribution < -0.4 is 4.74 Å². The van der Waals surface area contributed by atoms with Crippen molar-refractivity contribution in [3.05, 3.63) is 35.9 Å². The highest BCUT2D eigenvalue weighted by atomic mass is 16.5. The Morgan fingerprint density at radius 2 is 1.68 bits per heavy atom. The van der Waals surface area contributed by atoms with E-state index in [0.29, 0.717) is 5.41 Å². The molecule has 152 valence electrons. The number of allylic oxidation sites excluding steroid dienone is 2. The molecule has 0 heterocycles. The molecule has 2 heteroatoms. The zero-order valence-electron chi connectivity index (χ0n) is 17.8. The third-order valence-corrected chi connectivity index (χ3v) is 9.73. The maximum atomic E-state index is 10.7. The van der Waals surface area contributed by atoms with Gasteiger partial charge in [0.1, 0.15) is 5.75 Å². The summed E-state index contributed by atoms with van der Waals surface area (Å²) in [5, 5.41) is 10.7. The van der Waals surface area contributed by atoms with Crippen molar-refractivity contribution in [3.8, 4) is 5.75 Å². The SMILES string of the molecule is COc1ccc(C2=CC[C@@]3(C)[C@H](CC[C@H]4[C@@H]3CC[C@]3(C)[C@@H](O)CC[C@@H]43)C2)cc1. The van der Waals surface area contributed by atoms with E-state index >= 15 is 0 Å². The fraction of sp³-hybridized carbons (Fsp3) is 0.692. The Labute approximate surface area is 170 Å². The van der Waals surface area contributed by atoms with E-state index in [1.807, 2.05) is 0 Å². The molecule has 3 saturated carbocycles. The predicted molar refractivity (Wildman–Crippen MR) is 114 cm³/mol. The molecular formula is C26H36O2. The number of aliphatic hydroxyl groups excluding tert-OH is 1. The fourth-order valence-electron chi connectivity index (χ4n) is 7.89. The number of benzene rings is 1. The second-order valence-corrected chi connectivity index (χ2v) is 10.7. The zero-order valence-corrected chi connectivity index (χ0v) is 17.8. The Bertz CT molecular complexity index is 765. The lowest BCUT2D eigenvalue weighted by Crippen LogP contribution is -2.53. The van der Waals surface area contributed by atoms with Gasteiger partial charge in [-0.15, -0.1) is 0 Å². The molecule has 0 radical (unpaired) electrons. The first kappa shape index (κ1) is 18.7. The highest BCUT2D eigenvalue weighted by molar-refractivity contribution is 5.67. The van der Waals surface area contributed by atoms with Gasteiger partial charge < -0.3 is 9.84 Å². The number of methoxy groups -OCH3 is 1. The first-order valence-corrected chi connectivity index (χ1v) is 11.5. The van der Waals surface area contributed by atoms with Gasteiger partial charge in [-0.3, -0.25) is 0 Å². The van der Waals surface area contributed by atoms with Crippen LogP contribution in [-0.2, 0) is 0 Å². The van der Waals surface area contributed by atoms with Gasteiger partial charge in [0.05, 0.1) is 13.2 Å². The molecule has 1 N–H and O–H groups in total. The lowest BCUT2D eigenvalue weighted by Gasteiger charge is -2.59. The molecule has 1 aromatic carbocycles. The molecule has 2 nitrogen and oxygen atoms in total. The van der Waals surface area contributed by atoms with Crippen molar-refractivity contribution in [2.45, 2.75) is 71.3 Å². The molecule has 1 aromatic rings. The number of hydrogen-bond donors (Lipinski definition) is 1.